The summed E-state index contributed by atoms with van der Waals surface area (Å²) in [4.78, 5) is 15.5. The first-order chi connectivity index (χ1) is 10.7. The third kappa shape index (κ3) is 5.84. The number of nitrogens with one attached hydrogen (secondary N) is 2. The van der Waals surface area contributed by atoms with Crippen molar-refractivity contribution in [3.8, 4) is 5.75 Å². The van der Waals surface area contributed by atoms with Crippen LogP contribution < -0.4 is 15.4 Å². The quantitative estimate of drug-likeness (QED) is 0.757. The smallest absolute Gasteiger partial charge is 0.406 e. The number of pyridine rings is 1. The highest BCUT2D eigenvalue weighted by Gasteiger charge is 2.31. The first-order valence-corrected chi connectivity index (χ1v) is 6.74. The van der Waals surface area contributed by atoms with Gasteiger partial charge in [-0.05, 0) is 24.3 Å². The maximum atomic E-state index is 12.1. The molecule has 0 radical (unpaired) electrons. The molecular formula is C13H8Cl2F3N3O2. The number of carbonyl (C=O) groups excluding carboxylic acids is 1. The standard InChI is InChI=1S/C13H8Cl2F3N3O2/c14-10-5-8(6-11(15)21-10)20-12(22)19-7-2-1-3-9(4-7)23-13(16,17)18/h1-6H,(H2,19,20,21,22). The fraction of sp³-hybridized carbons (Fsp3) is 0.0769. The highest BCUT2D eigenvalue weighted by atomic mass is 35.5. The molecule has 1 heterocycles. The molecule has 2 N–H and O–H groups in total. The van der Waals surface area contributed by atoms with Crippen LogP contribution in [0, 0.1) is 0 Å². The molecule has 1 aromatic carbocycles. The predicted molar refractivity (Wildman–Crippen MR) is 80.0 cm³/mol. The van der Waals surface area contributed by atoms with E-state index in [-0.39, 0.29) is 21.7 Å². The Morgan fingerprint density at radius 3 is 2.26 bits per heavy atom. The zero-order valence-corrected chi connectivity index (χ0v) is 12.6. The van der Waals surface area contributed by atoms with Crippen molar-refractivity contribution in [2.75, 3.05) is 10.6 Å². The predicted octanol–water partition coefficient (Wildman–Crippen LogP) is 4.93. The molecule has 0 aliphatic rings. The summed E-state index contributed by atoms with van der Waals surface area (Å²) < 4.78 is 40.2. The number of carbonyl (C=O) groups is 1. The van der Waals surface area contributed by atoms with Crippen molar-refractivity contribution < 1.29 is 22.7 Å². The van der Waals surface area contributed by atoms with Gasteiger partial charge in [-0.25, -0.2) is 9.78 Å². The summed E-state index contributed by atoms with van der Waals surface area (Å²) in [6, 6.07) is 6.85. The van der Waals surface area contributed by atoms with Gasteiger partial charge in [-0.15, -0.1) is 13.2 Å². The summed E-state index contributed by atoms with van der Waals surface area (Å²) in [6.07, 6.45) is -4.81. The molecule has 0 unspecified atom stereocenters. The minimum Gasteiger partial charge on any atom is -0.406 e. The van der Waals surface area contributed by atoms with Gasteiger partial charge in [0.2, 0.25) is 0 Å². The lowest BCUT2D eigenvalue weighted by Crippen LogP contribution is -2.20. The van der Waals surface area contributed by atoms with Crippen molar-refractivity contribution in [2.24, 2.45) is 0 Å². The van der Waals surface area contributed by atoms with E-state index in [2.05, 4.69) is 20.4 Å². The number of amides is 2. The number of nitrogens with zero attached hydrogens (tertiary/aromatic N) is 1. The molecule has 0 saturated carbocycles. The molecule has 5 nitrogen and oxygen atoms in total. The van der Waals surface area contributed by atoms with Crippen LogP contribution in [0.1, 0.15) is 0 Å². The summed E-state index contributed by atoms with van der Waals surface area (Å²) in [6.45, 7) is 0. The van der Waals surface area contributed by atoms with Crippen LogP contribution in [0.25, 0.3) is 0 Å². The van der Waals surface area contributed by atoms with Crippen molar-refractivity contribution in [1.29, 1.82) is 0 Å². The molecule has 0 fully saturated rings. The third-order valence-electron chi connectivity index (χ3n) is 2.35. The Labute approximate surface area is 138 Å². The molecule has 2 amide bonds. The van der Waals surface area contributed by atoms with E-state index in [1.54, 1.807) is 0 Å². The summed E-state index contributed by atoms with van der Waals surface area (Å²) in [5, 5.41) is 4.92. The summed E-state index contributed by atoms with van der Waals surface area (Å²) in [5.41, 5.74) is 0.380. The highest BCUT2D eigenvalue weighted by molar-refractivity contribution is 6.33. The number of alkyl halides is 3. The van der Waals surface area contributed by atoms with Crippen molar-refractivity contribution >= 4 is 40.6 Å². The Hall–Kier alpha value is -2.19. The Bertz CT molecular complexity index is 706. The first kappa shape index (κ1) is 17.2. The number of halogens is 5. The average Bonchev–Trinajstić information content (AvgIpc) is 2.35. The van der Waals surface area contributed by atoms with Crippen LogP contribution in [0.15, 0.2) is 36.4 Å². The lowest BCUT2D eigenvalue weighted by molar-refractivity contribution is -0.274. The van der Waals surface area contributed by atoms with Gasteiger partial charge >= 0.3 is 12.4 Å². The summed E-state index contributed by atoms with van der Waals surface area (Å²) >= 11 is 11.4. The lowest BCUT2D eigenvalue weighted by atomic mass is 10.3. The van der Waals surface area contributed by atoms with Gasteiger partial charge in [0.05, 0.1) is 0 Å². The Morgan fingerprint density at radius 2 is 1.65 bits per heavy atom. The zero-order chi connectivity index (χ0) is 17.0. The topological polar surface area (TPSA) is 63.2 Å². The molecule has 2 aromatic rings. The van der Waals surface area contributed by atoms with Gasteiger partial charge in [0.1, 0.15) is 16.1 Å². The van der Waals surface area contributed by atoms with Crippen LogP contribution in [0.5, 0.6) is 5.75 Å². The molecule has 0 bridgehead atoms. The summed E-state index contributed by atoms with van der Waals surface area (Å²) in [5.74, 6) is -0.453. The number of rotatable bonds is 3. The number of anilines is 2. The normalized spacial score (nSPS) is 11.0. The van der Waals surface area contributed by atoms with E-state index in [4.69, 9.17) is 23.2 Å². The van der Waals surface area contributed by atoms with Crippen molar-refractivity contribution in [3.05, 3.63) is 46.7 Å². The van der Waals surface area contributed by atoms with E-state index < -0.39 is 18.1 Å². The van der Waals surface area contributed by atoms with Gasteiger partial charge in [0.25, 0.3) is 0 Å². The van der Waals surface area contributed by atoms with Crippen LogP contribution in [0.3, 0.4) is 0 Å². The molecule has 0 spiro atoms. The molecule has 1 aromatic heterocycles. The molecule has 10 heteroatoms. The number of aromatic nitrogens is 1. The van der Waals surface area contributed by atoms with E-state index in [1.807, 2.05) is 0 Å². The van der Waals surface area contributed by atoms with Gasteiger partial charge in [-0.1, -0.05) is 29.3 Å². The van der Waals surface area contributed by atoms with Gasteiger partial charge in [0.15, 0.2) is 0 Å². The SMILES string of the molecule is O=C(Nc1cccc(OC(F)(F)F)c1)Nc1cc(Cl)nc(Cl)c1. The lowest BCUT2D eigenvalue weighted by Gasteiger charge is -2.11. The number of urea groups is 1. The minimum absolute atomic E-state index is 0.0772. The number of ether oxygens (including phenoxy) is 1. The largest absolute Gasteiger partial charge is 0.573 e. The number of benzene rings is 1. The molecule has 23 heavy (non-hydrogen) atoms. The van der Waals surface area contributed by atoms with Gasteiger partial charge in [0, 0.05) is 17.4 Å². The van der Waals surface area contributed by atoms with Crippen LogP contribution in [-0.2, 0) is 0 Å². The molecular weight excluding hydrogens is 358 g/mol. The van der Waals surface area contributed by atoms with E-state index >= 15 is 0 Å². The average molecular weight is 366 g/mol. The third-order valence-corrected chi connectivity index (χ3v) is 2.73. The molecule has 0 aliphatic carbocycles. The highest BCUT2D eigenvalue weighted by Crippen LogP contribution is 2.25. The Balaban J connectivity index is 2.04. The van der Waals surface area contributed by atoms with E-state index in [9.17, 15) is 18.0 Å². The number of hydrogen-bond acceptors (Lipinski definition) is 3. The van der Waals surface area contributed by atoms with Crippen LogP contribution >= 0.6 is 23.2 Å². The van der Waals surface area contributed by atoms with Crippen molar-refractivity contribution in [3.63, 3.8) is 0 Å². The zero-order valence-electron chi connectivity index (χ0n) is 11.1. The second-order valence-electron chi connectivity index (χ2n) is 4.16. The molecule has 0 aliphatic heterocycles. The van der Waals surface area contributed by atoms with E-state index in [1.165, 1.54) is 24.3 Å². The molecule has 122 valence electrons. The van der Waals surface area contributed by atoms with Crippen LogP contribution in [-0.4, -0.2) is 17.4 Å². The molecule has 0 atom stereocenters. The summed E-state index contributed by atoms with van der Waals surface area (Å²) in [7, 11) is 0. The monoisotopic (exact) mass is 365 g/mol. The Morgan fingerprint density at radius 1 is 1.04 bits per heavy atom. The number of hydrogen-bond donors (Lipinski definition) is 2. The Kier molecular flexibility index (Phi) is 5.17. The fourth-order valence-electron chi connectivity index (χ4n) is 1.60. The van der Waals surface area contributed by atoms with Gasteiger partial charge in [-0.3, -0.25) is 0 Å². The second-order valence-corrected chi connectivity index (χ2v) is 4.93. The first-order valence-electron chi connectivity index (χ1n) is 5.98. The maximum absolute atomic E-state index is 12.1. The molecule has 0 saturated heterocycles. The van der Waals surface area contributed by atoms with Gasteiger partial charge in [-0.2, -0.15) is 0 Å². The maximum Gasteiger partial charge on any atom is 0.573 e. The second kappa shape index (κ2) is 6.93. The van der Waals surface area contributed by atoms with Gasteiger partial charge < -0.3 is 15.4 Å². The van der Waals surface area contributed by atoms with Crippen molar-refractivity contribution in [1.82, 2.24) is 4.98 Å². The fourth-order valence-corrected chi connectivity index (χ4v) is 2.06. The van der Waals surface area contributed by atoms with E-state index in [0.29, 0.717) is 0 Å². The van der Waals surface area contributed by atoms with Crippen LogP contribution in [0.4, 0.5) is 29.3 Å². The molecule has 2 rings (SSSR count). The van der Waals surface area contributed by atoms with E-state index in [0.717, 1.165) is 12.1 Å². The van der Waals surface area contributed by atoms with Crippen molar-refractivity contribution in [2.45, 2.75) is 6.36 Å². The minimum atomic E-state index is -4.81. The van der Waals surface area contributed by atoms with Crippen LogP contribution in [0.2, 0.25) is 10.3 Å².